The quantitative estimate of drug-likeness (QED) is 0.795. The Morgan fingerprint density at radius 1 is 1.05 bits per heavy atom. The van der Waals surface area contributed by atoms with Crippen LogP contribution in [0.4, 0.5) is 0 Å². The number of hydrogen-bond donors (Lipinski definition) is 1. The highest BCUT2D eigenvalue weighted by atomic mass is 79.9. The third kappa shape index (κ3) is 4.87. The van der Waals surface area contributed by atoms with E-state index in [4.69, 9.17) is 4.74 Å². The molecule has 2 rings (SSSR count). The van der Waals surface area contributed by atoms with Gasteiger partial charge in [-0.1, -0.05) is 34.1 Å². The summed E-state index contributed by atoms with van der Waals surface area (Å²) in [6.07, 6.45) is 0. The summed E-state index contributed by atoms with van der Waals surface area (Å²) in [6, 6.07) is 14.2. The highest BCUT2D eigenvalue weighted by molar-refractivity contribution is 9.10. The van der Waals surface area contributed by atoms with Crippen molar-refractivity contribution in [1.82, 2.24) is 5.32 Å². The first kappa shape index (κ1) is 16.1. The van der Waals surface area contributed by atoms with E-state index >= 15 is 0 Å². The molecular formula is C18H22BrNO. The number of rotatable bonds is 4. The van der Waals surface area contributed by atoms with Gasteiger partial charge in [0.15, 0.2) is 0 Å². The van der Waals surface area contributed by atoms with Crippen molar-refractivity contribution in [2.24, 2.45) is 0 Å². The predicted octanol–water partition coefficient (Wildman–Crippen LogP) is 5.44. The monoisotopic (exact) mass is 347 g/mol. The number of hydrogen-bond acceptors (Lipinski definition) is 2. The molecule has 0 fully saturated rings. The van der Waals surface area contributed by atoms with Crippen LogP contribution in [0.2, 0.25) is 0 Å². The van der Waals surface area contributed by atoms with Gasteiger partial charge in [0.05, 0.1) is 0 Å². The van der Waals surface area contributed by atoms with E-state index in [1.54, 1.807) is 0 Å². The second kappa shape index (κ2) is 6.63. The molecule has 2 aromatic carbocycles. The Bertz CT molecular complexity index is 617. The van der Waals surface area contributed by atoms with Gasteiger partial charge in [-0.3, -0.25) is 0 Å². The summed E-state index contributed by atoms with van der Waals surface area (Å²) in [7, 11) is 0. The fraction of sp³-hybridized carbons (Fsp3) is 0.333. The van der Waals surface area contributed by atoms with Crippen molar-refractivity contribution < 1.29 is 4.74 Å². The number of benzene rings is 2. The minimum Gasteiger partial charge on any atom is -0.457 e. The van der Waals surface area contributed by atoms with Crippen molar-refractivity contribution in [1.29, 1.82) is 0 Å². The molecule has 0 atom stereocenters. The number of ether oxygens (including phenoxy) is 1. The molecule has 0 spiro atoms. The normalized spacial score (nSPS) is 11.5. The van der Waals surface area contributed by atoms with Crippen LogP contribution in [0.1, 0.15) is 31.9 Å². The molecule has 0 aliphatic heterocycles. The van der Waals surface area contributed by atoms with Crippen molar-refractivity contribution in [3.05, 3.63) is 58.1 Å². The second-order valence-corrected chi connectivity index (χ2v) is 7.14. The molecular weight excluding hydrogens is 326 g/mol. The molecule has 0 unspecified atom stereocenters. The average molecular weight is 348 g/mol. The van der Waals surface area contributed by atoms with Crippen LogP contribution >= 0.6 is 15.9 Å². The van der Waals surface area contributed by atoms with Gasteiger partial charge in [0.2, 0.25) is 0 Å². The zero-order chi connectivity index (χ0) is 15.5. The highest BCUT2D eigenvalue weighted by Crippen LogP contribution is 2.30. The number of aryl methyl sites for hydroxylation is 1. The lowest BCUT2D eigenvalue weighted by atomic mass is 10.1. The molecule has 0 heterocycles. The molecule has 112 valence electrons. The molecule has 0 amide bonds. The van der Waals surface area contributed by atoms with Gasteiger partial charge in [0, 0.05) is 22.1 Å². The minimum absolute atomic E-state index is 0.0717. The van der Waals surface area contributed by atoms with Crippen LogP contribution in [-0.2, 0) is 6.54 Å². The SMILES string of the molecule is Cc1ccccc1Oc1ccc(Br)cc1CNC(C)(C)C. The Morgan fingerprint density at radius 2 is 1.76 bits per heavy atom. The van der Waals surface area contributed by atoms with Gasteiger partial charge >= 0.3 is 0 Å². The van der Waals surface area contributed by atoms with Gasteiger partial charge in [-0.25, -0.2) is 0 Å². The van der Waals surface area contributed by atoms with E-state index in [0.717, 1.165) is 33.6 Å². The highest BCUT2D eigenvalue weighted by Gasteiger charge is 2.12. The second-order valence-electron chi connectivity index (χ2n) is 6.22. The largest absolute Gasteiger partial charge is 0.457 e. The van der Waals surface area contributed by atoms with Crippen molar-refractivity contribution in [3.8, 4) is 11.5 Å². The summed E-state index contributed by atoms with van der Waals surface area (Å²) < 4.78 is 7.16. The zero-order valence-corrected chi connectivity index (χ0v) is 14.6. The van der Waals surface area contributed by atoms with Crippen LogP contribution in [0.25, 0.3) is 0 Å². The smallest absolute Gasteiger partial charge is 0.132 e. The van der Waals surface area contributed by atoms with Gasteiger partial charge < -0.3 is 10.1 Å². The van der Waals surface area contributed by atoms with Gasteiger partial charge in [0.1, 0.15) is 11.5 Å². The molecule has 0 saturated carbocycles. The number of para-hydroxylation sites is 1. The van der Waals surface area contributed by atoms with E-state index in [-0.39, 0.29) is 5.54 Å². The molecule has 0 aliphatic rings. The Morgan fingerprint density at radius 3 is 2.43 bits per heavy atom. The summed E-state index contributed by atoms with van der Waals surface area (Å²) in [5, 5.41) is 3.51. The molecule has 0 aromatic heterocycles. The summed E-state index contributed by atoms with van der Waals surface area (Å²) in [5.74, 6) is 1.79. The van der Waals surface area contributed by atoms with Crippen molar-refractivity contribution in [2.45, 2.75) is 39.8 Å². The first-order valence-corrected chi connectivity index (χ1v) is 7.91. The first-order chi connectivity index (χ1) is 9.85. The molecule has 0 aliphatic carbocycles. The first-order valence-electron chi connectivity index (χ1n) is 7.12. The van der Waals surface area contributed by atoms with Gasteiger partial charge in [0.25, 0.3) is 0 Å². The van der Waals surface area contributed by atoms with E-state index in [9.17, 15) is 0 Å². The van der Waals surface area contributed by atoms with Crippen molar-refractivity contribution in [2.75, 3.05) is 0 Å². The molecule has 21 heavy (non-hydrogen) atoms. The maximum atomic E-state index is 6.10. The van der Waals surface area contributed by atoms with Crippen molar-refractivity contribution >= 4 is 15.9 Å². The van der Waals surface area contributed by atoms with E-state index in [1.807, 2.05) is 30.3 Å². The Kier molecular flexibility index (Phi) is 5.07. The fourth-order valence-electron chi connectivity index (χ4n) is 1.94. The summed E-state index contributed by atoms with van der Waals surface area (Å²) in [5.41, 5.74) is 2.35. The third-order valence-corrected chi connectivity index (χ3v) is 3.64. The Hall–Kier alpha value is -1.32. The molecule has 2 aromatic rings. The van der Waals surface area contributed by atoms with Crippen LogP contribution in [0, 0.1) is 6.92 Å². The van der Waals surface area contributed by atoms with Gasteiger partial charge in [-0.15, -0.1) is 0 Å². The maximum absolute atomic E-state index is 6.10. The number of halogens is 1. The van der Waals surface area contributed by atoms with Crippen molar-refractivity contribution in [3.63, 3.8) is 0 Å². The lowest BCUT2D eigenvalue weighted by Gasteiger charge is -2.22. The van der Waals surface area contributed by atoms with E-state index in [0.29, 0.717) is 0 Å². The molecule has 0 bridgehead atoms. The molecule has 0 radical (unpaired) electrons. The molecule has 2 nitrogen and oxygen atoms in total. The maximum Gasteiger partial charge on any atom is 0.132 e. The molecule has 0 saturated heterocycles. The number of nitrogens with one attached hydrogen (secondary N) is 1. The van der Waals surface area contributed by atoms with Crippen LogP contribution in [-0.4, -0.2) is 5.54 Å². The minimum atomic E-state index is 0.0717. The van der Waals surface area contributed by atoms with E-state index in [1.165, 1.54) is 0 Å². The summed E-state index contributed by atoms with van der Waals surface area (Å²) in [6.45, 7) is 9.30. The average Bonchev–Trinajstić information content (AvgIpc) is 2.40. The van der Waals surface area contributed by atoms with Gasteiger partial charge in [-0.05, 0) is 57.5 Å². The fourth-order valence-corrected chi connectivity index (χ4v) is 2.34. The van der Waals surface area contributed by atoms with Gasteiger partial charge in [-0.2, -0.15) is 0 Å². The molecule has 1 N–H and O–H groups in total. The van der Waals surface area contributed by atoms with Crippen LogP contribution in [0.3, 0.4) is 0 Å². The Balaban J connectivity index is 2.25. The molecule has 3 heteroatoms. The van der Waals surface area contributed by atoms with Crippen LogP contribution < -0.4 is 10.1 Å². The lowest BCUT2D eigenvalue weighted by Crippen LogP contribution is -2.35. The van der Waals surface area contributed by atoms with Crippen LogP contribution in [0.15, 0.2) is 46.9 Å². The summed E-state index contributed by atoms with van der Waals surface area (Å²) in [4.78, 5) is 0. The zero-order valence-electron chi connectivity index (χ0n) is 13.0. The van der Waals surface area contributed by atoms with Crippen LogP contribution in [0.5, 0.6) is 11.5 Å². The summed E-state index contributed by atoms with van der Waals surface area (Å²) >= 11 is 3.53. The third-order valence-electron chi connectivity index (χ3n) is 3.15. The topological polar surface area (TPSA) is 21.3 Å². The van der Waals surface area contributed by atoms with E-state index < -0.39 is 0 Å². The van der Waals surface area contributed by atoms with E-state index in [2.05, 4.69) is 61.1 Å². The lowest BCUT2D eigenvalue weighted by molar-refractivity contribution is 0.413. The predicted molar refractivity (Wildman–Crippen MR) is 92.0 cm³/mol. The Labute approximate surface area is 135 Å². The standard InChI is InChI=1S/C18H22BrNO/c1-13-7-5-6-8-16(13)21-17-10-9-15(19)11-14(17)12-20-18(2,3)4/h5-11,20H,12H2,1-4H3.